The van der Waals surface area contributed by atoms with Gasteiger partial charge in [0.2, 0.25) is 0 Å². The first-order valence-corrected chi connectivity index (χ1v) is 6.56. The highest BCUT2D eigenvalue weighted by atomic mass is 16.5. The molecule has 1 rings (SSSR count). The Morgan fingerprint density at radius 3 is 2.78 bits per heavy atom. The monoisotopic (exact) mass is 251 g/mol. The molecule has 18 heavy (non-hydrogen) atoms. The number of nitrogens with zero attached hydrogens (tertiary/aromatic N) is 2. The topological polar surface area (TPSA) is 37.4 Å². The Bertz CT molecular complexity index is 326. The number of hydrogen-bond donors (Lipinski definition) is 1. The van der Waals surface area contributed by atoms with Crippen molar-refractivity contribution >= 4 is 5.82 Å². The fourth-order valence-electron chi connectivity index (χ4n) is 1.64. The molecule has 0 fully saturated rings. The maximum Gasteiger partial charge on any atom is 0.128 e. The maximum absolute atomic E-state index is 4.98. The number of ether oxygens (including phenoxy) is 1. The van der Waals surface area contributed by atoms with Crippen molar-refractivity contribution in [1.29, 1.82) is 0 Å². The van der Waals surface area contributed by atoms with Gasteiger partial charge in [-0.05, 0) is 25.0 Å². The number of anilines is 1. The molecule has 0 aliphatic carbocycles. The average molecular weight is 251 g/mol. The van der Waals surface area contributed by atoms with Gasteiger partial charge in [0.25, 0.3) is 0 Å². The lowest BCUT2D eigenvalue weighted by atomic mass is 10.2. The molecule has 0 spiro atoms. The van der Waals surface area contributed by atoms with Crippen LogP contribution in [0.4, 0.5) is 5.82 Å². The summed E-state index contributed by atoms with van der Waals surface area (Å²) in [6, 6.07) is 4.73. The van der Waals surface area contributed by atoms with E-state index in [1.54, 1.807) is 7.11 Å². The van der Waals surface area contributed by atoms with Gasteiger partial charge >= 0.3 is 0 Å². The molecule has 4 nitrogen and oxygen atoms in total. The molecule has 0 saturated heterocycles. The smallest absolute Gasteiger partial charge is 0.128 e. The normalized spacial score (nSPS) is 12.4. The van der Waals surface area contributed by atoms with Crippen LogP contribution in [0.2, 0.25) is 0 Å². The van der Waals surface area contributed by atoms with E-state index in [1.165, 1.54) is 5.56 Å². The summed E-state index contributed by atoms with van der Waals surface area (Å²) in [6.07, 6.45) is 3.06. The highest BCUT2D eigenvalue weighted by Gasteiger charge is 2.08. The number of rotatable bonds is 8. The van der Waals surface area contributed by atoms with Crippen LogP contribution in [-0.4, -0.2) is 38.3 Å². The van der Waals surface area contributed by atoms with E-state index in [9.17, 15) is 0 Å². The lowest BCUT2D eigenvalue weighted by molar-refractivity contribution is 0.199. The molecule has 1 N–H and O–H groups in total. The summed E-state index contributed by atoms with van der Waals surface area (Å²) in [5.41, 5.74) is 1.20. The van der Waals surface area contributed by atoms with Gasteiger partial charge in [-0.3, -0.25) is 0 Å². The zero-order chi connectivity index (χ0) is 13.4. The molecular formula is C14H25N3O. The molecule has 1 heterocycles. The predicted molar refractivity (Wildman–Crippen MR) is 76.0 cm³/mol. The summed E-state index contributed by atoms with van der Waals surface area (Å²) in [5, 5.41) is 3.31. The summed E-state index contributed by atoms with van der Waals surface area (Å²) in [5.74, 6) is 1.03. The molecule has 0 aliphatic heterocycles. The standard InChI is InChI=1S/C14H25N3O/c1-5-12(2)17(3)14-7-6-13(11-16-14)10-15-8-9-18-4/h6-7,11-12,15H,5,8-10H2,1-4H3. The minimum absolute atomic E-state index is 0.517. The molecule has 0 saturated carbocycles. The van der Waals surface area contributed by atoms with E-state index in [-0.39, 0.29) is 0 Å². The van der Waals surface area contributed by atoms with E-state index in [2.05, 4.69) is 48.2 Å². The second-order valence-corrected chi connectivity index (χ2v) is 4.56. The molecular weight excluding hydrogens is 226 g/mol. The number of pyridine rings is 1. The molecule has 1 aromatic rings. The summed E-state index contributed by atoms with van der Waals surface area (Å²) in [6.45, 7) is 6.84. The Labute approximate surface area is 110 Å². The Morgan fingerprint density at radius 1 is 1.44 bits per heavy atom. The second-order valence-electron chi connectivity index (χ2n) is 4.56. The van der Waals surface area contributed by atoms with Gasteiger partial charge in [-0.15, -0.1) is 0 Å². The lowest BCUT2D eigenvalue weighted by Gasteiger charge is -2.24. The van der Waals surface area contributed by atoms with Crippen molar-refractivity contribution in [2.75, 3.05) is 32.2 Å². The van der Waals surface area contributed by atoms with E-state index in [4.69, 9.17) is 4.74 Å². The van der Waals surface area contributed by atoms with E-state index < -0.39 is 0 Å². The number of methoxy groups -OCH3 is 1. The summed E-state index contributed by atoms with van der Waals surface area (Å²) in [4.78, 5) is 6.71. The van der Waals surface area contributed by atoms with Gasteiger partial charge in [0.15, 0.2) is 0 Å². The first-order chi connectivity index (χ1) is 8.69. The molecule has 4 heteroatoms. The Kier molecular flexibility index (Phi) is 6.68. The van der Waals surface area contributed by atoms with E-state index >= 15 is 0 Å². The van der Waals surface area contributed by atoms with E-state index in [0.29, 0.717) is 6.04 Å². The van der Waals surface area contributed by atoms with Crippen LogP contribution in [0.1, 0.15) is 25.8 Å². The van der Waals surface area contributed by atoms with Crippen LogP contribution in [0.25, 0.3) is 0 Å². The fraction of sp³-hybridized carbons (Fsp3) is 0.643. The molecule has 1 unspecified atom stereocenters. The van der Waals surface area contributed by atoms with Crippen molar-refractivity contribution in [2.24, 2.45) is 0 Å². The summed E-state index contributed by atoms with van der Waals surface area (Å²) >= 11 is 0. The van der Waals surface area contributed by atoms with Gasteiger partial charge in [0, 0.05) is 39.5 Å². The van der Waals surface area contributed by atoms with Crippen LogP contribution in [0, 0.1) is 0 Å². The van der Waals surface area contributed by atoms with Crippen LogP contribution in [-0.2, 0) is 11.3 Å². The Morgan fingerprint density at radius 2 is 2.22 bits per heavy atom. The molecule has 0 amide bonds. The average Bonchev–Trinajstić information content (AvgIpc) is 2.42. The second kappa shape index (κ2) is 8.06. The van der Waals surface area contributed by atoms with Crippen LogP contribution in [0.5, 0.6) is 0 Å². The van der Waals surface area contributed by atoms with E-state index in [1.807, 2.05) is 6.20 Å². The van der Waals surface area contributed by atoms with Crippen LogP contribution in [0.3, 0.4) is 0 Å². The number of nitrogens with one attached hydrogen (secondary N) is 1. The fourth-order valence-corrected chi connectivity index (χ4v) is 1.64. The van der Waals surface area contributed by atoms with Gasteiger partial charge in [-0.2, -0.15) is 0 Å². The molecule has 102 valence electrons. The highest BCUT2D eigenvalue weighted by molar-refractivity contribution is 5.39. The maximum atomic E-state index is 4.98. The van der Waals surface area contributed by atoms with Gasteiger partial charge in [0.05, 0.1) is 6.61 Å². The third kappa shape index (κ3) is 4.63. The van der Waals surface area contributed by atoms with Gasteiger partial charge < -0.3 is 15.0 Å². The van der Waals surface area contributed by atoms with E-state index in [0.717, 1.165) is 31.9 Å². The molecule has 1 aromatic heterocycles. The first kappa shape index (κ1) is 14.9. The molecule has 1 atom stereocenters. The molecule has 0 bridgehead atoms. The summed E-state index contributed by atoms with van der Waals surface area (Å²) in [7, 11) is 3.80. The van der Waals surface area contributed by atoms with Crippen LogP contribution < -0.4 is 10.2 Å². The van der Waals surface area contributed by atoms with Crippen molar-refractivity contribution in [3.8, 4) is 0 Å². The molecule has 0 aliphatic rings. The van der Waals surface area contributed by atoms with Gasteiger partial charge in [0.1, 0.15) is 5.82 Å². The largest absolute Gasteiger partial charge is 0.383 e. The lowest BCUT2D eigenvalue weighted by Crippen LogP contribution is -2.28. The summed E-state index contributed by atoms with van der Waals surface area (Å²) < 4.78 is 4.98. The number of hydrogen-bond acceptors (Lipinski definition) is 4. The Balaban J connectivity index is 2.47. The van der Waals surface area contributed by atoms with Crippen LogP contribution >= 0.6 is 0 Å². The third-order valence-corrected chi connectivity index (χ3v) is 3.23. The quantitative estimate of drug-likeness (QED) is 0.718. The van der Waals surface area contributed by atoms with Crippen molar-refractivity contribution in [3.63, 3.8) is 0 Å². The van der Waals surface area contributed by atoms with Gasteiger partial charge in [-0.1, -0.05) is 13.0 Å². The minimum Gasteiger partial charge on any atom is -0.383 e. The predicted octanol–water partition coefficient (Wildman–Crippen LogP) is 2.05. The zero-order valence-electron chi connectivity index (χ0n) is 11.9. The number of aromatic nitrogens is 1. The van der Waals surface area contributed by atoms with Crippen molar-refractivity contribution in [3.05, 3.63) is 23.9 Å². The van der Waals surface area contributed by atoms with Crippen LogP contribution in [0.15, 0.2) is 18.3 Å². The molecule has 0 aromatic carbocycles. The van der Waals surface area contributed by atoms with Gasteiger partial charge in [-0.25, -0.2) is 4.98 Å². The highest BCUT2D eigenvalue weighted by Crippen LogP contribution is 2.13. The first-order valence-electron chi connectivity index (χ1n) is 6.56. The SMILES string of the molecule is CCC(C)N(C)c1ccc(CNCCOC)cn1. The van der Waals surface area contributed by atoms with Crippen molar-refractivity contribution in [2.45, 2.75) is 32.9 Å². The van der Waals surface area contributed by atoms with Crippen molar-refractivity contribution in [1.82, 2.24) is 10.3 Å². The Hall–Kier alpha value is -1.13. The zero-order valence-corrected chi connectivity index (χ0v) is 11.9. The third-order valence-electron chi connectivity index (χ3n) is 3.23. The molecule has 0 radical (unpaired) electrons. The minimum atomic E-state index is 0.517. The van der Waals surface area contributed by atoms with Crippen molar-refractivity contribution < 1.29 is 4.74 Å².